The van der Waals surface area contributed by atoms with E-state index >= 15 is 0 Å². The van der Waals surface area contributed by atoms with E-state index in [1.54, 1.807) is 13.0 Å². The highest BCUT2D eigenvalue weighted by molar-refractivity contribution is 5.92. The summed E-state index contributed by atoms with van der Waals surface area (Å²) < 4.78 is 15.0. The van der Waals surface area contributed by atoms with Crippen LogP contribution in [-0.4, -0.2) is 20.8 Å². The predicted molar refractivity (Wildman–Crippen MR) is 62.7 cm³/mol. The van der Waals surface area contributed by atoms with Crippen LogP contribution in [0.4, 0.5) is 4.39 Å². The molecule has 0 bridgehead atoms. The Morgan fingerprint density at radius 1 is 1.56 bits per heavy atom. The lowest BCUT2D eigenvalue weighted by Gasteiger charge is -2.08. The molecule has 1 amide bonds. The predicted octanol–water partition coefficient (Wildman–Crippen LogP) is 1.16. The van der Waals surface area contributed by atoms with E-state index in [0.717, 1.165) is 0 Å². The number of aromatic nitrogens is 2. The lowest BCUT2D eigenvalue weighted by molar-refractivity contribution is 0.100. The van der Waals surface area contributed by atoms with Gasteiger partial charge >= 0.3 is 0 Å². The normalized spacial score (nSPS) is 12.4. The molecule has 1 aromatic heterocycles. The summed E-state index contributed by atoms with van der Waals surface area (Å²) in [6.45, 7) is 1.55. The van der Waals surface area contributed by atoms with Crippen LogP contribution in [0.1, 0.15) is 28.9 Å². The van der Waals surface area contributed by atoms with E-state index in [1.165, 1.54) is 29.2 Å². The molecule has 1 heterocycles. The van der Waals surface area contributed by atoms with Crippen LogP contribution in [0.25, 0.3) is 5.69 Å². The average Bonchev–Trinajstić information content (AvgIpc) is 2.78. The molecule has 0 radical (unpaired) electrons. The highest BCUT2D eigenvalue weighted by Gasteiger charge is 2.11. The molecule has 0 saturated heterocycles. The Morgan fingerprint density at radius 2 is 2.28 bits per heavy atom. The summed E-state index contributed by atoms with van der Waals surface area (Å²) in [5.41, 5.74) is 5.95. The monoisotopic (exact) mass is 249 g/mol. The number of nitrogens with two attached hydrogens (primary N) is 1. The second-order valence-electron chi connectivity index (χ2n) is 3.92. The fraction of sp³-hybridized carbons (Fsp3) is 0.167. The number of aliphatic hydroxyl groups excluding tert-OH is 1. The maximum absolute atomic E-state index is 13.8. The van der Waals surface area contributed by atoms with Crippen molar-refractivity contribution in [2.45, 2.75) is 13.0 Å². The van der Waals surface area contributed by atoms with Crippen LogP contribution in [-0.2, 0) is 0 Å². The molecule has 0 spiro atoms. The maximum atomic E-state index is 13.8. The van der Waals surface area contributed by atoms with Gasteiger partial charge in [0, 0.05) is 6.20 Å². The van der Waals surface area contributed by atoms with E-state index in [9.17, 15) is 14.3 Å². The Balaban J connectivity index is 2.41. The van der Waals surface area contributed by atoms with E-state index < -0.39 is 17.8 Å². The molecule has 18 heavy (non-hydrogen) atoms. The zero-order valence-electron chi connectivity index (χ0n) is 9.67. The first-order chi connectivity index (χ1) is 8.49. The van der Waals surface area contributed by atoms with Gasteiger partial charge in [0.15, 0.2) is 0 Å². The van der Waals surface area contributed by atoms with E-state index in [4.69, 9.17) is 5.73 Å². The summed E-state index contributed by atoms with van der Waals surface area (Å²) in [6, 6.07) is 4.30. The first kappa shape index (κ1) is 12.3. The van der Waals surface area contributed by atoms with Gasteiger partial charge in [-0.3, -0.25) is 4.79 Å². The molecular formula is C12H12FN3O2. The molecule has 3 N–H and O–H groups in total. The Kier molecular flexibility index (Phi) is 3.12. The van der Waals surface area contributed by atoms with Gasteiger partial charge < -0.3 is 10.8 Å². The smallest absolute Gasteiger partial charge is 0.251 e. The molecule has 5 nitrogen and oxygen atoms in total. The van der Waals surface area contributed by atoms with Gasteiger partial charge in [-0.05, 0) is 24.6 Å². The van der Waals surface area contributed by atoms with Crippen LogP contribution in [0.15, 0.2) is 30.6 Å². The summed E-state index contributed by atoms with van der Waals surface area (Å²) in [4.78, 5) is 10.9. The maximum Gasteiger partial charge on any atom is 0.251 e. The minimum atomic E-state index is -0.743. The van der Waals surface area contributed by atoms with Crippen LogP contribution in [0.5, 0.6) is 0 Å². The van der Waals surface area contributed by atoms with Crippen molar-refractivity contribution in [3.8, 4) is 5.69 Å². The molecule has 0 aliphatic heterocycles. The second kappa shape index (κ2) is 4.58. The molecule has 1 unspecified atom stereocenters. The molecule has 0 fully saturated rings. The Morgan fingerprint density at radius 3 is 2.78 bits per heavy atom. The van der Waals surface area contributed by atoms with Crippen LogP contribution in [0, 0.1) is 5.82 Å². The number of halogens is 1. The number of rotatable bonds is 3. The highest BCUT2D eigenvalue weighted by Crippen LogP contribution is 2.19. The number of amides is 1. The minimum absolute atomic E-state index is 0.187. The molecule has 1 atom stereocenters. The lowest BCUT2D eigenvalue weighted by atomic mass is 10.1. The zero-order valence-corrected chi connectivity index (χ0v) is 9.67. The van der Waals surface area contributed by atoms with Gasteiger partial charge in [-0.2, -0.15) is 5.10 Å². The van der Waals surface area contributed by atoms with Crippen molar-refractivity contribution in [2.75, 3.05) is 0 Å². The third-order valence-corrected chi connectivity index (χ3v) is 2.57. The summed E-state index contributed by atoms with van der Waals surface area (Å²) in [6.07, 6.45) is 1.88. The summed E-state index contributed by atoms with van der Waals surface area (Å²) >= 11 is 0. The molecule has 1 aromatic carbocycles. The van der Waals surface area contributed by atoms with Gasteiger partial charge in [0.2, 0.25) is 0 Å². The van der Waals surface area contributed by atoms with Gasteiger partial charge in [-0.1, -0.05) is 6.07 Å². The Labute approximate surface area is 103 Å². The van der Waals surface area contributed by atoms with Crippen molar-refractivity contribution in [3.63, 3.8) is 0 Å². The first-order valence-corrected chi connectivity index (χ1v) is 5.31. The number of hydrogen-bond acceptors (Lipinski definition) is 3. The van der Waals surface area contributed by atoms with E-state index in [2.05, 4.69) is 5.10 Å². The largest absolute Gasteiger partial charge is 0.389 e. The number of aliphatic hydroxyl groups is 1. The number of hydrogen-bond donors (Lipinski definition) is 2. The summed E-state index contributed by atoms with van der Waals surface area (Å²) in [5.74, 6) is -1.16. The third-order valence-electron chi connectivity index (χ3n) is 2.57. The molecule has 6 heteroatoms. The molecule has 2 rings (SSSR count). The average molecular weight is 249 g/mol. The van der Waals surface area contributed by atoms with Crippen molar-refractivity contribution in [3.05, 3.63) is 47.5 Å². The van der Waals surface area contributed by atoms with Crippen molar-refractivity contribution < 1.29 is 14.3 Å². The number of nitrogens with zero attached hydrogens (tertiary/aromatic N) is 2. The van der Waals surface area contributed by atoms with Crippen LogP contribution in [0.3, 0.4) is 0 Å². The van der Waals surface area contributed by atoms with Crippen molar-refractivity contribution in [1.82, 2.24) is 9.78 Å². The molecule has 94 valence electrons. The van der Waals surface area contributed by atoms with E-state index in [0.29, 0.717) is 5.56 Å². The molecule has 0 saturated carbocycles. The Hall–Kier alpha value is -2.21. The standard InChI is InChI=1S/C12H12FN3O2/c1-7(17)8-2-3-11(10(13)4-8)16-6-9(5-15-16)12(14)18/h2-7,17H,1H3,(H2,14,18). The van der Waals surface area contributed by atoms with Crippen LogP contribution < -0.4 is 5.73 Å². The quantitative estimate of drug-likeness (QED) is 0.856. The van der Waals surface area contributed by atoms with Crippen molar-refractivity contribution in [2.24, 2.45) is 5.73 Å². The highest BCUT2D eigenvalue weighted by atomic mass is 19.1. The van der Waals surface area contributed by atoms with Crippen LogP contribution >= 0.6 is 0 Å². The molecule has 0 aliphatic rings. The van der Waals surface area contributed by atoms with Crippen LogP contribution in [0.2, 0.25) is 0 Å². The molecular weight excluding hydrogens is 237 g/mol. The van der Waals surface area contributed by atoms with E-state index in [1.807, 2.05) is 0 Å². The topological polar surface area (TPSA) is 81.1 Å². The van der Waals surface area contributed by atoms with Crippen molar-refractivity contribution in [1.29, 1.82) is 0 Å². The summed E-state index contributed by atoms with van der Waals surface area (Å²) in [5, 5.41) is 13.2. The second-order valence-corrected chi connectivity index (χ2v) is 3.92. The van der Waals surface area contributed by atoms with E-state index in [-0.39, 0.29) is 11.3 Å². The number of carbonyl (C=O) groups excluding carboxylic acids is 1. The van der Waals surface area contributed by atoms with Gasteiger partial charge in [-0.25, -0.2) is 9.07 Å². The number of carbonyl (C=O) groups is 1. The minimum Gasteiger partial charge on any atom is -0.389 e. The SMILES string of the molecule is CC(O)c1ccc(-n2cc(C(N)=O)cn2)c(F)c1. The van der Waals surface area contributed by atoms with Gasteiger partial charge in [0.1, 0.15) is 11.5 Å². The fourth-order valence-electron chi connectivity index (χ4n) is 1.55. The zero-order chi connectivity index (χ0) is 13.3. The van der Waals surface area contributed by atoms with Gasteiger partial charge in [-0.15, -0.1) is 0 Å². The lowest BCUT2D eigenvalue weighted by Crippen LogP contribution is -2.09. The third kappa shape index (κ3) is 2.23. The van der Waals surface area contributed by atoms with Gasteiger partial charge in [0.05, 0.1) is 17.9 Å². The Bertz CT molecular complexity index is 593. The van der Waals surface area contributed by atoms with Gasteiger partial charge in [0.25, 0.3) is 5.91 Å². The van der Waals surface area contributed by atoms with Crippen molar-refractivity contribution >= 4 is 5.91 Å². The number of benzene rings is 1. The summed E-state index contributed by atoms with van der Waals surface area (Å²) in [7, 11) is 0. The fourth-order valence-corrected chi connectivity index (χ4v) is 1.55. The first-order valence-electron chi connectivity index (χ1n) is 5.31. The molecule has 0 aliphatic carbocycles. The molecule has 2 aromatic rings. The number of primary amides is 1.